The highest BCUT2D eigenvalue weighted by molar-refractivity contribution is 7.99. The molecule has 106 valence electrons. The Morgan fingerprint density at radius 2 is 2.11 bits per heavy atom. The molecule has 0 aromatic heterocycles. The van der Waals surface area contributed by atoms with E-state index in [1.807, 2.05) is 11.8 Å². The number of hydrogen-bond acceptors (Lipinski definition) is 3. The average Bonchev–Trinajstić information content (AvgIpc) is 2.89. The first kappa shape index (κ1) is 14.7. The molecular weight excluding hydrogens is 256 g/mol. The third-order valence-electron chi connectivity index (χ3n) is 4.47. The molecule has 2 atom stereocenters. The van der Waals surface area contributed by atoms with Crippen molar-refractivity contribution >= 4 is 17.7 Å². The van der Waals surface area contributed by atoms with Gasteiger partial charge in [0.05, 0.1) is 6.07 Å². The van der Waals surface area contributed by atoms with E-state index in [2.05, 4.69) is 18.3 Å². The van der Waals surface area contributed by atoms with E-state index >= 15 is 0 Å². The molecule has 2 fully saturated rings. The lowest BCUT2D eigenvalue weighted by Crippen LogP contribution is -2.46. The van der Waals surface area contributed by atoms with Crippen molar-refractivity contribution in [2.45, 2.75) is 69.6 Å². The quantitative estimate of drug-likeness (QED) is 0.860. The summed E-state index contributed by atoms with van der Waals surface area (Å²) >= 11 is 2.00. The Morgan fingerprint density at radius 1 is 1.37 bits per heavy atom. The number of carbonyl (C=O) groups is 1. The largest absolute Gasteiger partial charge is 0.352 e. The Hall–Kier alpha value is -0.690. The summed E-state index contributed by atoms with van der Waals surface area (Å²) in [4.78, 5) is 12.4. The molecule has 0 saturated heterocycles. The zero-order valence-corrected chi connectivity index (χ0v) is 12.6. The second kappa shape index (κ2) is 6.65. The summed E-state index contributed by atoms with van der Waals surface area (Å²) in [7, 11) is 0. The van der Waals surface area contributed by atoms with Crippen molar-refractivity contribution in [3.63, 3.8) is 0 Å². The first-order valence-electron chi connectivity index (χ1n) is 7.54. The van der Waals surface area contributed by atoms with Gasteiger partial charge in [-0.15, -0.1) is 0 Å². The van der Waals surface area contributed by atoms with Crippen LogP contribution in [0.3, 0.4) is 0 Å². The van der Waals surface area contributed by atoms with Crippen LogP contribution in [-0.4, -0.2) is 23.0 Å². The molecular formula is C15H24N2OS. The molecule has 19 heavy (non-hydrogen) atoms. The summed E-state index contributed by atoms with van der Waals surface area (Å²) in [5.41, 5.74) is -0.717. The van der Waals surface area contributed by atoms with E-state index in [4.69, 9.17) is 0 Å². The van der Waals surface area contributed by atoms with Crippen LogP contribution in [0.4, 0.5) is 0 Å². The molecule has 0 aromatic carbocycles. The zero-order chi connectivity index (χ0) is 13.7. The molecule has 4 heteroatoms. The molecule has 0 aliphatic heterocycles. The smallest absolute Gasteiger partial charge is 0.240 e. The molecule has 0 aromatic rings. The van der Waals surface area contributed by atoms with Crippen LogP contribution < -0.4 is 5.32 Å². The van der Waals surface area contributed by atoms with Crippen LogP contribution in [0.1, 0.15) is 58.3 Å². The monoisotopic (exact) mass is 280 g/mol. The van der Waals surface area contributed by atoms with Crippen LogP contribution >= 0.6 is 11.8 Å². The van der Waals surface area contributed by atoms with E-state index in [9.17, 15) is 10.1 Å². The summed E-state index contributed by atoms with van der Waals surface area (Å²) in [5, 5.41) is 13.2. The standard InChI is InChI=1S/C15H24N2OS/c1-2-19-13-7-5-6-12(10-13)17-14(18)15(11-16)8-3-4-9-15/h12-13H,2-10H2,1H3,(H,17,18). The van der Waals surface area contributed by atoms with Crippen molar-refractivity contribution in [1.29, 1.82) is 5.26 Å². The summed E-state index contributed by atoms with van der Waals surface area (Å²) in [6.45, 7) is 2.19. The third kappa shape index (κ3) is 3.45. The van der Waals surface area contributed by atoms with E-state index in [1.54, 1.807) is 0 Å². The zero-order valence-electron chi connectivity index (χ0n) is 11.8. The van der Waals surface area contributed by atoms with E-state index in [0.717, 1.165) is 44.3 Å². The summed E-state index contributed by atoms with van der Waals surface area (Å²) in [5.74, 6) is 1.15. The van der Waals surface area contributed by atoms with Crippen molar-refractivity contribution in [1.82, 2.24) is 5.32 Å². The number of nitriles is 1. The highest BCUT2D eigenvalue weighted by atomic mass is 32.2. The molecule has 0 radical (unpaired) electrons. The third-order valence-corrected chi connectivity index (χ3v) is 5.70. The van der Waals surface area contributed by atoms with Gasteiger partial charge in [-0.25, -0.2) is 0 Å². The first-order valence-corrected chi connectivity index (χ1v) is 8.59. The van der Waals surface area contributed by atoms with Gasteiger partial charge >= 0.3 is 0 Å². The molecule has 2 saturated carbocycles. The maximum atomic E-state index is 12.4. The van der Waals surface area contributed by atoms with Crippen LogP contribution in [0, 0.1) is 16.7 Å². The number of nitrogens with zero attached hydrogens (tertiary/aromatic N) is 1. The van der Waals surface area contributed by atoms with Crippen molar-refractivity contribution in [2.75, 3.05) is 5.75 Å². The van der Waals surface area contributed by atoms with Crippen LogP contribution in [0.5, 0.6) is 0 Å². The fourth-order valence-corrected chi connectivity index (χ4v) is 4.53. The average molecular weight is 280 g/mol. The van der Waals surface area contributed by atoms with Crippen LogP contribution in [0.2, 0.25) is 0 Å². The molecule has 3 nitrogen and oxygen atoms in total. The molecule has 0 heterocycles. The molecule has 2 unspecified atom stereocenters. The minimum atomic E-state index is -0.717. The lowest BCUT2D eigenvalue weighted by Gasteiger charge is -2.31. The molecule has 2 rings (SSSR count). The Balaban J connectivity index is 1.90. The Morgan fingerprint density at radius 3 is 2.74 bits per heavy atom. The van der Waals surface area contributed by atoms with E-state index in [-0.39, 0.29) is 11.9 Å². The minimum Gasteiger partial charge on any atom is -0.352 e. The SMILES string of the molecule is CCSC1CCCC(NC(=O)C2(C#N)CCCC2)C1. The highest BCUT2D eigenvalue weighted by Gasteiger charge is 2.42. The van der Waals surface area contributed by atoms with Gasteiger partial charge in [-0.3, -0.25) is 4.79 Å². The maximum absolute atomic E-state index is 12.4. The highest BCUT2D eigenvalue weighted by Crippen LogP contribution is 2.38. The van der Waals surface area contributed by atoms with E-state index in [0.29, 0.717) is 5.25 Å². The van der Waals surface area contributed by atoms with Gasteiger partial charge in [-0.2, -0.15) is 17.0 Å². The van der Waals surface area contributed by atoms with Crippen molar-refractivity contribution in [3.05, 3.63) is 0 Å². The van der Waals surface area contributed by atoms with Crippen LogP contribution in [-0.2, 0) is 4.79 Å². The first-order chi connectivity index (χ1) is 9.20. The maximum Gasteiger partial charge on any atom is 0.240 e. The summed E-state index contributed by atoms with van der Waals surface area (Å²) in [6, 6.07) is 2.57. The summed E-state index contributed by atoms with van der Waals surface area (Å²) in [6.07, 6.45) is 8.14. The van der Waals surface area contributed by atoms with Crippen LogP contribution in [0.25, 0.3) is 0 Å². The second-order valence-electron chi connectivity index (χ2n) is 5.82. The predicted molar refractivity (Wildman–Crippen MR) is 78.8 cm³/mol. The van der Waals surface area contributed by atoms with Gasteiger partial charge in [-0.1, -0.05) is 26.2 Å². The number of nitrogens with one attached hydrogen (secondary N) is 1. The second-order valence-corrected chi connectivity index (χ2v) is 7.39. The van der Waals surface area contributed by atoms with E-state index in [1.165, 1.54) is 12.8 Å². The Kier molecular flexibility index (Phi) is 5.15. The van der Waals surface area contributed by atoms with Crippen molar-refractivity contribution < 1.29 is 4.79 Å². The van der Waals surface area contributed by atoms with Crippen LogP contribution in [0.15, 0.2) is 0 Å². The minimum absolute atomic E-state index is 0.000325. The number of carbonyl (C=O) groups excluding carboxylic acids is 1. The van der Waals surface area contributed by atoms with Gasteiger partial charge in [0.1, 0.15) is 5.41 Å². The van der Waals surface area contributed by atoms with Crippen molar-refractivity contribution in [3.8, 4) is 6.07 Å². The van der Waals surface area contributed by atoms with Gasteiger partial charge in [0.2, 0.25) is 5.91 Å². The van der Waals surface area contributed by atoms with Gasteiger partial charge in [-0.05, 0) is 37.9 Å². The number of hydrogen-bond donors (Lipinski definition) is 1. The molecule has 2 aliphatic rings. The topological polar surface area (TPSA) is 52.9 Å². The molecule has 0 spiro atoms. The van der Waals surface area contributed by atoms with Gasteiger partial charge in [0.25, 0.3) is 0 Å². The van der Waals surface area contributed by atoms with E-state index < -0.39 is 5.41 Å². The fraction of sp³-hybridized carbons (Fsp3) is 0.867. The molecule has 0 bridgehead atoms. The Labute approximate surface area is 120 Å². The molecule has 2 aliphatic carbocycles. The summed E-state index contributed by atoms with van der Waals surface area (Å²) < 4.78 is 0. The lowest BCUT2D eigenvalue weighted by atomic mass is 9.85. The van der Waals surface area contributed by atoms with Gasteiger partial charge in [0.15, 0.2) is 0 Å². The number of thioether (sulfide) groups is 1. The molecule has 1 amide bonds. The molecule has 1 N–H and O–H groups in total. The van der Waals surface area contributed by atoms with Gasteiger partial charge in [0, 0.05) is 11.3 Å². The normalized spacial score (nSPS) is 29.7. The lowest BCUT2D eigenvalue weighted by molar-refractivity contribution is -0.128. The number of amides is 1. The Bertz CT molecular complexity index is 356. The fourth-order valence-electron chi connectivity index (χ4n) is 3.35. The number of rotatable bonds is 4. The van der Waals surface area contributed by atoms with Crippen molar-refractivity contribution in [2.24, 2.45) is 5.41 Å². The predicted octanol–water partition coefficient (Wildman–Crippen LogP) is 3.25. The van der Waals surface area contributed by atoms with Gasteiger partial charge < -0.3 is 5.32 Å².